The zero-order valence-corrected chi connectivity index (χ0v) is 14.7. The summed E-state index contributed by atoms with van der Waals surface area (Å²) in [6.45, 7) is 5.98. The Morgan fingerprint density at radius 3 is 2.72 bits per heavy atom. The van der Waals surface area contributed by atoms with E-state index in [1.165, 1.54) is 32.1 Å². The molecule has 4 rings (SSSR count). The van der Waals surface area contributed by atoms with Crippen molar-refractivity contribution in [1.82, 2.24) is 24.9 Å². The highest BCUT2D eigenvalue weighted by Gasteiger charge is 2.32. The van der Waals surface area contributed by atoms with Gasteiger partial charge in [-0.1, -0.05) is 6.42 Å². The number of nitrogens with one attached hydrogen (secondary N) is 1. The second kappa shape index (κ2) is 7.15. The van der Waals surface area contributed by atoms with Crippen LogP contribution in [0.25, 0.3) is 0 Å². The minimum atomic E-state index is -0.180. The van der Waals surface area contributed by atoms with E-state index in [0.717, 1.165) is 26.2 Å². The van der Waals surface area contributed by atoms with Gasteiger partial charge in [-0.3, -0.25) is 14.3 Å². The summed E-state index contributed by atoms with van der Waals surface area (Å²) in [6.07, 6.45) is 6.28. The molecule has 2 amide bonds. The fraction of sp³-hybridized carbons (Fsp3) is 0.722. The van der Waals surface area contributed by atoms with E-state index >= 15 is 0 Å². The minimum absolute atomic E-state index is 0.0121. The lowest BCUT2D eigenvalue weighted by Gasteiger charge is -2.27. The van der Waals surface area contributed by atoms with Crippen molar-refractivity contribution in [2.24, 2.45) is 5.92 Å². The maximum absolute atomic E-state index is 12.6. The van der Waals surface area contributed by atoms with E-state index in [-0.39, 0.29) is 11.8 Å². The molecule has 1 saturated heterocycles. The lowest BCUT2D eigenvalue weighted by Crippen LogP contribution is -2.41. The number of fused-ring (bicyclic) bond motifs is 1. The summed E-state index contributed by atoms with van der Waals surface area (Å²) in [5, 5.41) is 7.28. The van der Waals surface area contributed by atoms with Gasteiger partial charge < -0.3 is 15.1 Å². The molecule has 1 aromatic heterocycles. The van der Waals surface area contributed by atoms with E-state index < -0.39 is 0 Å². The highest BCUT2D eigenvalue weighted by atomic mass is 16.2. The van der Waals surface area contributed by atoms with Crippen LogP contribution in [-0.2, 0) is 6.54 Å². The van der Waals surface area contributed by atoms with Crippen LogP contribution in [0, 0.1) is 5.92 Å². The quantitative estimate of drug-likeness (QED) is 0.834. The van der Waals surface area contributed by atoms with Crippen molar-refractivity contribution in [2.75, 3.05) is 39.3 Å². The fourth-order valence-electron chi connectivity index (χ4n) is 3.74. The highest BCUT2D eigenvalue weighted by Crippen LogP contribution is 2.30. The van der Waals surface area contributed by atoms with Crippen molar-refractivity contribution in [3.8, 4) is 0 Å². The number of piperidine rings is 1. The van der Waals surface area contributed by atoms with E-state index in [2.05, 4.69) is 15.3 Å². The number of amides is 2. The van der Waals surface area contributed by atoms with Gasteiger partial charge in [-0.15, -0.1) is 0 Å². The molecular formula is C18H27N5O2. The van der Waals surface area contributed by atoms with Gasteiger partial charge in [0.15, 0.2) is 5.69 Å². The molecule has 7 heteroatoms. The molecule has 1 aliphatic carbocycles. The molecule has 136 valence electrons. The molecular weight excluding hydrogens is 318 g/mol. The third kappa shape index (κ3) is 3.86. The standard InChI is InChI=1S/C18H27N5O2/c24-17(19-6-9-21-7-2-1-3-8-21)15-12-16-18(25)22(13-14-4-5-14)10-11-23(16)20-15/h12,14H,1-11,13H2,(H,19,24). The van der Waals surface area contributed by atoms with Crippen LogP contribution in [-0.4, -0.2) is 70.7 Å². The SMILES string of the molecule is O=C(NCCN1CCCCC1)c1cc2n(n1)CCN(CC1CC1)C2=O. The predicted octanol–water partition coefficient (Wildman–Crippen LogP) is 0.965. The first-order chi connectivity index (χ1) is 12.2. The third-order valence-corrected chi connectivity index (χ3v) is 5.44. The molecule has 2 fully saturated rings. The number of nitrogens with zero attached hydrogens (tertiary/aromatic N) is 4. The summed E-state index contributed by atoms with van der Waals surface area (Å²) in [6, 6.07) is 1.65. The van der Waals surface area contributed by atoms with Crippen molar-refractivity contribution < 1.29 is 9.59 Å². The topological polar surface area (TPSA) is 70.5 Å². The molecule has 0 aromatic carbocycles. The van der Waals surface area contributed by atoms with E-state index in [9.17, 15) is 9.59 Å². The Labute approximate surface area is 148 Å². The van der Waals surface area contributed by atoms with Gasteiger partial charge in [0, 0.05) is 32.2 Å². The predicted molar refractivity (Wildman–Crippen MR) is 93.5 cm³/mol. The Hall–Kier alpha value is -1.89. The van der Waals surface area contributed by atoms with Gasteiger partial charge >= 0.3 is 0 Å². The van der Waals surface area contributed by atoms with Crippen LogP contribution >= 0.6 is 0 Å². The molecule has 0 spiro atoms. The summed E-state index contributed by atoms with van der Waals surface area (Å²) in [5.41, 5.74) is 0.906. The van der Waals surface area contributed by atoms with Crippen molar-refractivity contribution >= 4 is 11.8 Å². The average Bonchev–Trinajstić information content (AvgIpc) is 3.33. The number of aromatic nitrogens is 2. The summed E-state index contributed by atoms with van der Waals surface area (Å²) < 4.78 is 1.69. The van der Waals surface area contributed by atoms with E-state index in [0.29, 0.717) is 36.9 Å². The average molecular weight is 345 g/mol. The Balaban J connectivity index is 1.32. The summed E-state index contributed by atoms with van der Waals surface area (Å²) in [5.74, 6) is 0.509. The Kier molecular flexibility index (Phi) is 4.74. The van der Waals surface area contributed by atoms with Crippen LogP contribution in [0.5, 0.6) is 0 Å². The highest BCUT2D eigenvalue weighted by molar-refractivity contribution is 5.98. The molecule has 1 saturated carbocycles. The Bertz CT molecular complexity index is 646. The molecule has 3 aliphatic rings. The monoisotopic (exact) mass is 345 g/mol. The largest absolute Gasteiger partial charge is 0.349 e. The number of rotatable bonds is 6. The maximum Gasteiger partial charge on any atom is 0.272 e. The smallest absolute Gasteiger partial charge is 0.272 e. The van der Waals surface area contributed by atoms with Crippen LogP contribution in [0.3, 0.4) is 0 Å². The fourth-order valence-corrected chi connectivity index (χ4v) is 3.74. The van der Waals surface area contributed by atoms with Gasteiger partial charge in [-0.05, 0) is 44.7 Å². The van der Waals surface area contributed by atoms with Crippen molar-refractivity contribution in [3.05, 3.63) is 17.5 Å². The Morgan fingerprint density at radius 1 is 1.16 bits per heavy atom. The normalized spacial score (nSPS) is 21.3. The van der Waals surface area contributed by atoms with Gasteiger partial charge in [0.2, 0.25) is 0 Å². The molecule has 1 aromatic rings. The number of hydrogen-bond acceptors (Lipinski definition) is 4. The number of carbonyl (C=O) groups is 2. The third-order valence-electron chi connectivity index (χ3n) is 5.44. The van der Waals surface area contributed by atoms with Crippen LogP contribution in [0.2, 0.25) is 0 Å². The molecule has 1 N–H and O–H groups in total. The van der Waals surface area contributed by atoms with Gasteiger partial charge in [0.25, 0.3) is 11.8 Å². The molecule has 0 unspecified atom stereocenters. The molecule has 0 bridgehead atoms. The summed E-state index contributed by atoms with van der Waals surface area (Å²) >= 11 is 0. The molecule has 0 atom stereocenters. The van der Waals surface area contributed by atoms with Crippen molar-refractivity contribution in [3.63, 3.8) is 0 Å². The second-order valence-electron chi connectivity index (χ2n) is 7.49. The first-order valence-electron chi connectivity index (χ1n) is 9.58. The van der Waals surface area contributed by atoms with Gasteiger partial charge in [0.05, 0.1) is 6.54 Å². The number of likely N-dealkylation sites (tertiary alicyclic amines) is 1. The summed E-state index contributed by atoms with van der Waals surface area (Å²) in [4.78, 5) is 29.2. The molecule has 0 radical (unpaired) electrons. The first-order valence-corrected chi connectivity index (χ1v) is 9.58. The number of hydrogen-bond donors (Lipinski definition) is 1. The van der Waals surface area contributed by atoms with Gasteiger partial charge in [0.1, 0.15) is 5.69 Å². The van der Waals surface area contributed by atoms with Crippen molar-refractivity contribution in [1.29, 1.82) is 0 Å². The Morgan fingerprint density at radius 2 is 1.96 bits per heavy atom. The molecule has 2 aliphatic heterocycles. The zero-order chi connectivity index (χ0) is 17.2. The van der Waals surface area contributed by atoms with Gasteiger partial charge in [-0.2, -0.15) is 5.10 Å². The molecule has 25 heavy (non-hydrogen) atoms. The second-order valence-corrected chi connectivity index (χ2v) is 7.49. The van der Waals surface area contributed by atoms with Crippen molar-refractivity contribution in [2.45, 2.75) is 38.6 Å². The molecule has 7 nitrogen and oxygen atoms in total. The van der Waals surface area contributed by atoms with Crippen LogP contribution in [0.15, 0.2) is 6.07 Å². The van der Waals surface area contributed by atoms with Crippen LogP contribution in [0.4, 0.5) is 0 Å². The first kappa shape index (κ1) is 16.6. The molecule has 3 heterocycles. The van der Waals surface area contributed by atoms with Crippen LogP contribution < -0.4 is 5.32 Å². The number of carbonyl (C=O) groups excluding carboxylic acids is 2. The van der Waals surface area contributed by atoms with E-state index in [4.69, 9.17) is 0 Å². The van der Waals surface area contributed by atoms with E-state index in [1.807, 2.05) is 4.90 Å². The van der Waals surface area contributed by atoms with Crippen LogP contribution in [0.1, 0.15) is 53.1 Å². The summed E-state index contributed by atoms with van der Waals surface area (Å²) in [7, 11) is 0. The minimum Gasteiger partial charge on any atom is -0.349 e. The van der Waals surface area contributed by atoms with Gasteiger partial charge in [-0.25, -0.2) is 0 Å². The zero-order valence-electron chi connectivity index (χ0n) is 14.7. The lowest BCUT2D eigenvalue weighted by molar-refractivity contribution is 0.0688. The maximum atomic E-state index is 12.6. The lowest BCUT2D eigenvalue weighted by atomic mass is 10.1. The van der Waals surface area contributed by atoms with E-state index in [1.54, 1.807) is 10.7 Å².